The van der Waals surface area contributed by atoms with Crippen molar-refractivity contribution in [1.29, 1.82) is 0 Å². The van der Waals surface area contributed by atoms with Gasteiger partial charge in [-0.15, -0.1) is 5.75 Å². The Bertz CT molecular complexity index is 790. The molecule has 0 radical (unpaired) electrons. The molecule has 0 aromatic heterocycles. The second kappa shape index (κ2) is 10.7. The van der Waals surface area contributed by atoms with Crippen LogP contribution >= 0.6 is 0 Å². The van der Waals surface area contributed by atoms with E-state index in [9.17, 15) is 13.5 Å². The van der Waals surface area contributed by atoms with Gasteiger partial charge in [-0.05, 0) is 36.6 Å². The van der Waals surface area contributed by atoms with Gasteiger partial charge in [-0.3, -0.25) is 4.55 Å². The van der Waals surface area contributed by atoms with E-state index in [4.69, 9.17) is 9.29 Å². The molecule has 0 aliphatic rings. The third kappa shape index (κ3) is 7.38. The molecule has 25 heavy (non-hydrogen) atoms. The molecule has 0 spiro atoms. The summed E-state index contributed by atoms with van der Waals surface area (Å²) in [6.45, 7) is 2.15. The van der Waals surface area contributed by atoms with Crippen molar-refractivity contribution < 1.29 is 74.2 Å². The van der Waals surface area contributed by atoms with Crippen molar-refractivity contribution in [2.24, 2.45) is 0 Å². The quantitative estimate of drug-likeness (QED) is 0.413. The summed E-state index contributed by atoms with van der Waals surface area (Å²) in [5.74, 6) is 0.137. The number of para-hydroxylation sites is 1. The smallest absolute Gasteiger partial charge is 0.872 e. The third-order valence-electron chi connectivity index (χ3n) is 3.65. The fourth-order valence-electron chi connectivity index (χ4n) is 2.43. The Labute approximate surface area is 191 Å². The van der Waals surface area contributed by atoms with E-state index < -0.39 is 20.8 Å². The van der Waals surface area contributed by atoms with Gasteiger partial charge < -0.3 is 9.84 Å². The van der Waals surface area contributed by atoms with Gasteiger partial charge in [-0.1, -0.05) is 44.4 Å². The SMILES string of the molecule is CCCCCCc1ccccc1Oc1cc([O-])cc(S(=O)(=O)O)c1.[K+]. The summed E-state index contributed by atoms with van der Waals surface area (Å²) in [6, 6.07) is 10.7. The second-order valence-electron chi connectivity index (χ2n) is 5.64. The Morgan fingerprint density at radius 1 is 1.08 bits per heavy atom. The van der Waals surface area contributed by atoms with E-state index >= 15 is 0 Å². The molecule has 0 saturated carbocycles. The van der Waals surface area contributed by atoms with Crippen LogP contribution in [-0.4, -0.2) is 13.0 Å². The van der Waals surface area contributed by atoms with Crippen LogP contribution in [0.2, 0.25) is 0 Å². The van der Waals surface area contributed by atoms with E-state index in [-0.39, 0.29) is 57.1 Å². The van der Waals surface area contributed by atoms with Crippen molar-refractivity contribution in [3.63, 3.8) is 0 Å². The van der Waals surface area contributed by atoms with E-state index in [1.165, 1.54) is 12.5 Å². The van der Waals surface area contributed by atoms with Gasteiger partial charge in [-0.25, -0.2) is 0 Å². The molecule has 0 saturated heterocycles. The van der Waals surface area contributed by atoms with Gasteiger partial charge >= 0.3 is 51.4 Å². The molecule has 0 atom stereocenters. The minimum absolute atomic E-state index is 0. The van der Waals surface area contributed by atoms with Crippen LogP contribution in [0.3, 0.4) is 0 Å². The van der Waals surface area contributed by atoms with E-state index in [0.29, 0.717) is 5.75 Å². The molecule has 0 amide bonds. The first-order chi connectivity index (χ1) is 11.4. The number of unbranched alkanes of at least 4 members (excludes halogenated alkanes) is 3. The Morgan fingerprint density at radius 2 is 1.80 bits per heavy atom. The van der Waals surface area contributed by atoms with Crippen LogP contribution < -0.4 is 61.2 Å². The van der Waals surface area contributed by atoms with Crippen LogP contribution in [0.1, 0.15) is 38.2 Å². The van der Waals surface area contributed by atoms with Gasteiger partial charge in [0.1, 0.15) is 11.5 Å². The molecule has 5 nitrogen and oxygen atoms in total. The minimum Gasteiger partial charge on any atom is -0.872 e. The summed E-state index contributed by atoms with van der Waals surface area (Å²) >= 11 is 0. The van der Waals surface area contributed by atoms with Crippen LogP contribution in [0.15, 0.2) is 47.4 Å². The predicted octanol–water partition coefficient (Wildman–Crippen LogP) is 0.926. The molecule has 0 fully saturated rings. The monoisotopic (exact) mass is 388 g/mol. The van der Waals surface area contributed by atoms with Crippen LogP contribution in [0.5, 0.6) is 17.2 Å². The number of benzene rings is 2. The molecule has 0 heterocycles. The topological polar surface area (TPSA) is 86.7 Å². The van der Waals surface area contributed by atoms with Crippen LogP contribution in [0, 0.1) is 0 Å². The molecular weight excluding hydrogens is 367 g/mol. The van der Waals surface area contributed by atoms with Crippen molar-refractivity contribution >= 4 is 10.1 Å². The van der Waals surface area contributed by atoms with Crippen molar-refractivity contribution in [1.82, 2.24) is 0 Å². The largest absolute Gasteiger partial charge is 1.00 e. The van der Waals surface area contributed by atoms with Gasteiger partial charge in [0.2, 0.25) is 0 Å². The molecule has 0 aliphatic carbocycles. The first kappa shape index (κ1) is 22.6. The van der Waals surface area contributed by atoms with E-state index in [1.807, 2.05) is 18.2 Å². The normalized spacial score (nSPS) is 11.0. The molecule has 1 N–H and O–H groups in total. The third-order valence-corrected chi connectivity index (χ3v) is 4.48. The number of rotatable bonds is 8. The molecule has 130 valence electrons. The maximum absolute atomic E-state index is 11.6. The van der Waals surface area contributed by atoms with Gasteiger partial charge in [0.15, 0.2) is 0 Å². The molecule has 2 aromatic carbocycles. The predicted molar refractivity (Wildman–Crippen MR) is 90.1 cm³/mol. The average Bonchev–Trinajstić information content (AvgIpc) is 2.51. The summed E-state index contributed by atoms with van der Waals surface area (Å²) < 4.78 is 37.3. The van der Waals surface area contributed by atoms with Gasteiger partial charge in [0, 0.05) is 6.07 Å². The van der Waals surface area contributed by atoms with E-state index in [2.05, 4.69) is 6.92 Å². The first-order valence-electron chi connectivity index (χ1n) is 7.95. The minimum atomic E-state index is -4.45. The van der Waals surface area contributed by atoms with Crippen molar-refractivity contribution in [2.75, 3.05) is 0 Å². The molecule has 2 rings (SSSR count). The van der Waals surface area contributed by atoms with Crippen molar-refractivity contribution in [2.45, 2.75) is 43.9 Å². The van der Waals surface area contributed by atoms with Gasteiger partial charge in [-0.2, -0.15) is 8.42 Å². The van der Waals surface area contributed by atoms with Gasteiger partial charge in [0.25, 0.3) is 10.1 Å². The summed E-state index contributed by atoms with van der Waals surface area (Å²) in [5.41, 5.74) is 0.998. The van der Waals surface area contributed by atoms with Crippen LogP contribution in [-0.2, 0) is 16.5 Å². The zero-order valence-corrected chi connectivity index (χ0v) is 18.5. The molecule has 0 bridgehead atoms. The van der Waals surface area contributed by atoms with Crippen LogP contribution in [0.4, 0.5) is 0 Å². The number of hydrogen-bond donors (Lipinski definition) is 1. The summed E-state index contributed by atoms with van der Waals surface area (Å²) in [4.78, 5) is -0.467. The zero-order valence-electron chi connectivity index (χ0n) is 14.6. The van der Waals surface area contributed by atoms with Gasteiger partial charge in [0.05, 0.1) is 4.90 Å². The first-order valence-corrected chi connectivity index (χ1v) is 9.39. The maximum atomic E-state index is 11.6. The number of hydrogen-bond acceptors (Lipinski definition) is 4. The molecule has 0 unspecified atom stereocenters. The maximum Gasteiger partial charge on any atom is 1.00 e. The fraction of sp³-hybridized carbons (Fsp3) is 0.333. The van der Waals surface area contributed by atoms with Crippen molar-refractivity contribution in [3.05, 3.63) is 48.0 Å². The Balaban J connectivity index is 0.00000312. The summed E-state index contributed by atoms with van der Waals surface area (Å²) in [7, 11) is -4.45. The molecule has 2 aromatic rings. The second-order valence-corrected chi connectivity index (χ2v) is 7.06. The molecule has 0 aliphatic heterocycles. The number of ether oxygens (including phenoxy) is 1. The number of aryl methyl sites for hydroxylation is 1. The van der Waals surface area contributed by atoms with E-state index in [1.54, 1.807) is 6.07 Å². The zero-order chi connectivity index (χ0) is 17.6. The molecular formula is C18H21KO5S. The summed E-state index contributed by atoms with van der Waals surface area (Å²) in [6.07, 6.45) is 5.35. The van der Waals surface area contributed by atoms with Crippen LogP contribution in [0.25, 0.3) is 0 Å². The van der Waals surface area contributed by atoms with E-state index in [0.717, 1.165) is 43.4 Å². The fourth-order valence-corrected chi connectivity index (χ4v) is 2.96. The summed E-state index contributed by atoms with van der Waals surface area (Å²) in [5, 5.41) is 11.6. The Hall–Kier alpha value is -0.414. The standard InChI is InChI=1S/C18H22O5S.K/c1-2-3-4-5-8-14-9-6-7-10-18(14)23-16-11-15(19)12-17(13-16)24(20,21)22;/h6-7,9-13,19H,2-5,8H2,1H3,(H,20,21,22);/q;+1/p-1. The average molecular weight is 389 g/mol. The Morgan fingerprint density at radius 3 is 2.48 bits per heavy atom. The molecule has 7 heteroatoms. The Kier molecular flexibility index (Phi) is 9.65. The van der Waals surface area contributed by atoms with Crippen molar-refractivity contribution in [3.8, 4) is 17.2 Å².